The van der Waals surface area contributed by atoms with Crippen LogP contribution in [0.3, 0.4) is 0 Å². The Morgan fingerprint density at radius 2 is 1.88 bits per heavy atom. The second-order valence-corrected chi connectivity index (χ2v) is 4.40. The summed E-state index contributed by atoms with van der Waals surface area (Å²) >= 11 is 8.24. The molecule has 8 heavy (non-hydrogen) atoms. The van der Waals surface area contributed by atoms with Crippen LogP contribution in [0, 0.1) is 5.41 Å². The Morgan fingerprint density at radius 3 is 1.88 bits per heavy atom. The van der Waals surface area contributed by atoms with Crippen molar-refractivity contribution in [1.29, 1.82) is 0 Å². The Labute approximate surface area is 70.1 Å². The summed E-state index contributed by atoms with van der Waals surface area (Å²) in [7, 11) is 0. The Balaban J connectivity index is 3.62. The van der Waals surface area contributed by atoms with Crippen LogP contribution in [0.5, 0.6) is 0 Å². The van der Waals surface area contributed by atoms with Crippen molar-refractivity contribution in [2.24, 2.45) is 5.41 Å². The van der Waals surface area contributed by atoms with Crippen LogP contribution < -0.4 is 0 Å². The molecule has 0 aromatic heterocycles. The Hall–Kier alpha value is 1.02. The van der Waals surface area contributed by atoms with Crippen molar-refractivity contribution in [2.75, 3.05) is 4.43 Å². The normalized spacial score (nSPS) is 16.1. The van der Waals surface area contributed by atoms with Crippen molar-refractivity contribution >= 4 is 34.2 Å². The van der Waals surface area contributed by atoms with Crippen LogP contribution in [-0.4, -0.2) is 9.80 Å². The van der Waals surface area contributed by atoms with E-state index >= 15 is 0 Å². The summed E-state index contributed by atoms with van der Waals surface area (Å²) in [5.74, 6) is 0. The highest BCUT2D eigenvalue weighted by Crippen LogP contribution is 2.25. The van der Waals surface area contributed by atoms with Crippen LogP contribution in [0.2, 0.25) is 0 Å². The van der Waals surface area contributed by atoms with E-state index in [1.165, 1.54) is 0 Å². The highest BCUT2D eigenvalue weighted by atomic mass is 127. The first-order valence-corrected chi connectivity index (χ1v) is 4.64. The average molecular weight is 247 g/mol. The molecule has 0 rings (SSSR count). The van der Waals surface area contributed by atoms with Gasteiger partial charge in [0.1, 0.15) is 0 Å². The molecule has 0 nitrogen and oxygen atoms in total. The topological polar surface area (TPSA) is 0 Å². The largest absolute Gasteiger partial charge is 0.122 e. The summed E-state index contributed by atoms with van der Waals surface area (Å²) in [5, 5.41) is 0.308. The minimum absolute atomic E-state index is 0.267. The van der Waals surface area contributed by atoms with Gasteiger partial charge in [0.05, 0.1) is 0 Å². The summed E-state index contributed by atoms with van der Waals surface area (Å²) in [4.78, 5) is 0. The predicted octanol–water partition coefficient (Wildman–Crippen LogP) is 3.07. The molecule has 50 valence electrons. The summed E-state index contributed by atoms with van der Waals surface area (Å²) in [5.41, 5.74) is 0.267. The molecular formula is C6H12ClI. The third-order valence-corrected chi connectivity index (χ3v) is 3.29. The van der Waals surface area contributed by atoms with Gasteiger partial charge < -0.3 is 0 Å². The Bertz CT molecular complexity index is 65.4. The van der Waals surface area contributed by atoms with Gasteiger partial charge in [0.2, 0.25) is 0 Å². The molecular weight excluding hydrogens is 234 g/mol. The second-order valence-electron chi connectivity index (χ2n) is 2.99. The van der Waals surface area contributed by atoms with E-state index in [9.17, 15) is 0 Å². The predicted molar refractivity (Wildman–Crippen MR) is 48.0 cm³/mol. The van der Waals surface area contributed by atoms with Crippen LogP contribution in [0.15, 0.2) is 0 Å². The smallest absolute Gasteiger partial charge is 0.0473 e. The number of rotatable bonds is 1. The Kier molecular flexibility index (Phi) is 3.67. The lowest BCUT2D eigenvalue weighted by molar-refractivity contribution is 0.411. The lowest BCUT2D eigenvalue weighted by atomic mass is 9.93. The molecule has 0 bridgehead atoms. The van der Waals surface area contributed by atoms with Gasteiger partial charge in [-0.25, -0.2) is 0 Å². The van der Waals surface area contributed by atoms with Crippen LogP contribution in [-0.2, 0) is 0 Å². The molecule has 0 heterocycles. The maximum atomic E-state index is 5.93. The molecule has 0 saturated heterocycles. The van der Waals surface area contributed by atoms with E-state index in [0.717, 1.165) is 4.43 Å². The van der Waals surface area contributed by atoms with E-state index in [0.29, 0.717) is 5.38 Å². The molecule has 0 radical (unpaired) electrons. The average Bonchev–Trinajstić information content (AvgIpc) is 1.62. The molecule has 0 fully saturated rings. The van der Waals surface area contributed by atoms with Gasteiger partial charge in [-0.2, -0.15) is 0 Å². The van der Waals surface area contributed by atoms with Gasteiger partial charge in [0, 0.05) is 9.80 Å². The highest BCUT2D eigenvalue weighted by molar-refractivity contribution is 14.1. The maximum Gasteiger partial charge on any atom is 0.0473 e. The molecule has 0 aliphatic heterocycles. The maximum absolute atomic E-state index is 5.93. The first kappa shape index (κ1) is 9.02. The molecule has 0 spiro atoms. The van der Waals surface area contributed by atoms with Gasteiger partial charge in [-0.3, -0.25) is 0 Å². The summed E-state index contributed by atoms with van der Waals surface area (Å²) < 4.78 is 1.03. The molecule has 0 aliphatic rings. The fourth-order valence-electron chi connectivity index (χ4n) is 0.231. The summed E-state index contributed by atoms with van der Waals surface area (Å²) in [6.07, 6.45) is 0. The van der Waals surface area contributed by atoms with Crippen molar-refractivity contribution in [1.82, 2.24) is 0 Å². The Morgan fingerprint density at radius 1 is 1.50 bits per heavy atom. The van der Waals surface area contributed by atoms with Gasteiger partial charge in [-0.1, -0.05) is 43.4 Å². The molecule has 1 atom stereocenters. The second kappa shape index (κ2) is 3.25. The molecule has 0 amide bonds. The van der Waals surface area contributed by atoms with Crippen LogP contribution >= 0.6 is 34.2 Å². The number of hydrogen-bond acceptors (Lipinski definition) is 0. The summed E-state index contributed by atoms with van der Waals surface area (Å²) in [6.45, 7) is 6.47. The molecule has 0 aromatic carbocycles. The first-order chi connectivity index (χ1) is 3.48. The van der Waals surface area contributed by atoms with E-state index in [4.69, 9.17) is 11.6 Å². The van der Waals surface area contributed by atoms with E-state index in [1.807, 2.05) is 0 Å². The number of halogens is 2. The summed E-state index contributed by atoms with van der Waals surface area (Å²) in [6, 6.07) is 0. The third kappa shape index (κ3) is 3.13. The van der Waals surface area contributed by atoms with Crippen molar-refractivity contribution in [2.45, 2.75) is 26.1 Å². The molecule has 0 aromatic rings. The monoisotopic (exact) mass is 246 g/mol. The van der Waals surface area contributed by atoms with Crippen LogP contribution in [0.25, 0.3) is 0 Å². The minimum atomic E-state index is 0.267. The van der Waals surface area contributed by atoms with Gasteiger partial charge in [-0.05, 0) is 5.41 Å². The third-order valence-electron chi connectivity index (χ3n) is 1.08. The zero-order valence-corrected chi connectivity index (χ0v) is 8.45. The number of hydrogen-bond donors (Lipinski definition) is 0. The molecule has 0 aliphatic carbocycles. The lowest BCUT2D eigenvalue weighted by Gasteiger charge is -2.22. The molecule has 0 N–H and O–H groups in total. The molecule has 0 saturated carbocycles. The number of alkyl halides is 2. The SMILES string of the molecule is CC(C)(C)C(Cl)CI. The fourth-order valence-corrected chi connectivity index (χ4v) is 1.55. The van der Waals surface area contributed by atoms with Crippen molar-refractivity contribution in [3.05, 3.63) is 0 Å². The van der Waals surface area contributed by atoms with Crippen LogP contribution in [0.1, 0.15) is 20.8 Å². The standard InChI is InChI=1S/C6H12ClI/c1-6(2,3)5(7)4-8/h5H,4H2,1-3H3. The zero-order valence-electron chi connectivity index (χ0n) is 5.54. The highest BCUT2D eigenvalue weighted by Gasteiger charge is 2.20. The lowest BCUT2D eigenvalue weighted by Crippen LogP contribution is -2.21. The van der Waals surface area contributed by atoms with Crippen molar-refractivity contribution in [3.8, 4) is 0 Å². The van der Waals surface area contributed by atoms with E-state index < -0.39 is 0 Å². The van der Waals surface area contributed by atoms with Gasteiger partial charge in [0.25, 0.3) is 0 Å². The van der Waals surface area contributed by atoms with E-state index in [-0.39, 0.29) is 5.41 Å². The van der Waals surface area contributed by atoms with Crippen molar-refractivity contribution < 1.29 is 0 Å². The van der Waals surface area contributed by atoms with Gasteiger partial charge in [-0.15, -0.1) is 11.6 Å². The first-order valence-electron chi connectivity index (χ1n) is 2.68. The molecule has 2 heteroatoms. The van der Waals surface area contributed by atoms with E-state index in [1.54, 1.807) is 0 Å². The zero-order chi connectivity index (χ0) is 6.78. The molecule has 1 unspecified atom stereocenters. The van der Waals surface area contributed by atoms with Gasteiger partial charge >= 0.3 is 0 Å². The van der Waals surface area contributed by atoms with Crippen molar-refractivity contribution in [3.63, 3.8) is 0 Å². The quantitative estimate of drug-likeness (QED) is 0.493. The van der Waals surface area contributed by atoms with Gasteiger partial charge in [0.15, 0.2) is 0 Å². The van der Waals surface area contributed by atoms with E-state index in [2.05, 4.69) is 43.4 Å². The van der Waals surface area contributed by atoms with Crippen LogP contribution in [0.4, 0.5) is 0 Å². The minimum Gasteiger partial charge on any atom is -0.122 e. The fraction of sp³-hybridized carbons (Fsp3) is 1.00.